The van der Waals surface area contributed by atoms with Crippen molar-refractivity contribution in [3.8, 4) is 0 Å². The summed E-state index contributed by atoms with van der Waals surface area (Å²) in [6, 6.07) is 0.595. The maximum absolute atomic E-state index is 12.2. The van der Waals surface area contributed by atoms with Crippen LogP contribution in [0, 0.1) is 0 Å². The normalized spacial score (nSPS) is 26.7. The van der Waals surface area contributed by atoms with Gasteiger partial charge in [-0.3, -0.25) is 4.79 Å². The molecule has 0 unspecified atom stereocenters. The molecule has 4 heteroatoms. The highest BCUT2D eigenvalue weighted by Gasteiger charge is 2.43. The molecule has 0 aromatic carbocycles. The van der Waals surface area contributed by atoms with Crippen LogP contribution in [0.5, 0.6) is 0 Å². The van der Waals surface area contributed by atoms with Crippen LogP contribution in [0.3, 0.4) is 0 Å². The number of piperidine rings is 1. The molecule has 2 rings (SSSR count). The van der Waals surface area contributed by atoms with Gasteiger partial charge < -0.3 is 16.0 Å². The van der Waals surface area contributed by atoms with Crippen LogP contribution in [0.25, 0.3) is 0 Å². The van der Waals surface area contributed by atoms with Crippen LogP contribution in [0.2, 0.25) is 0 Å². The van der Waals surface area contributed by atoms with Crippen molar-refractivity contribution in [3.05, 3.63) is 0 Å². The van der Waals surface area contributed by atoms with Gasteiger partial charge in [-0.25, -0.2) is 0 Å². The number of nitrogens with one attached hydrogen (secondary N) is 1. The van der Waals surface area contributed by atoms with Crippen molar-refractivity contribution in [2.75, 3.05) is 13.1 Å². The minimum absolute atomic E-state index is 0.0641. The van der Waals surface area contributed by atoms with E-state index in [9.17, 15) is 4.79 Å². The first kappa shape index (κ1) is 13.8. The molecule has 1 saturated carbocycles. The lowest BCUT2D eigenvalue weighted by atomic mass is 9.76. The van der Waals surface area contributed by atoms with Gasteiger partial charge in [-0.2, -0.15) is 0 Å². The van der Waals surface area contributed by atoms with Crippen LogP contribution >= 0.6 is 0 Å². The number of nitrogens with zero attached hydrogens (tertiary/aromatic N) is 1. The first-order valence-corrected chi connectivity index (χ1v) is 7.20. The number of carbonyl (C=O) groups is 1. The van der Waals surface area contributed by atoms with Crippen LogP contribution in [-0.4, -0.2) is 41.0 Å². The van der Waals surface area contributed by atoms with Crippen molar-refractivity contribution in [1.29, 1.82) is 0 Å². The number of carbonyl (C=O) groups excluding carboxylic acids is 1. The third-order valence-corrected chi connectivity index (χ3v) is 4.75. The Morgan fingerprint density at radius 3 is 2.17 bits per heavy atom. The summed E-state index contributed by atoms with van der Waals surface area (Å²) in [6.07, 6.45) is 4.81. The number of hydrogen-bond donors (Lipinski definition) is 2. The summed E-state index contributed by atoms with van der Waals surface area (Å²) >= 11 is 0. The molecule has 104 valence electrons. The van der Waals surface area contributed by atoms with Gasteiger partial charge in [0.2, 0.25) is 5.91 Å². The molecule has 1 aliphatic carbocycles. The van der Waals surface area contributed by atoms with E-state index in [2.05, 4.69) is 31.0 Å². The van der Waals surface area contributed by atoms with E-state index in [0.717, 1.165) is 45.2 Å². The lowest BCUT2D eigenvalue weighted by Crippen LogP contribution is -2.64. The number of rotatable bonds is 3. The van der Waals surface area contributed by atoms with E-state index in [-0.39, 0.29) is 11.4 Å². The first-order chi connectivity index (χ1) is 8.35. The van der Waals surface area contributed by atoms with Gasteiger partial charge in [0.05, 0.1) is 5.54 Å². The lowest BCUT2D eigenvalue weighted by molar-refractivity contribution is -0.131. The Morgan fingerprint density at radius 2 is 1.78 bits per heavy atom. The summed E-state index contributed by atoms with van der Waals surface area (Å²) < 4.78 is 0. The first-order valence-electron chi connectivity index (χ1n) is 7.20. The molecule has 0 radical (unpaired) electrons. The number of hydrogen-bond acceptors (Lipinski definition) is 3. The van der Waals surface area contributed by atoms with Crippen molar-refractivity contribution < 1.29 is 4.79 Å². The predicted octanol–water partition coefficient (Wildman–Crippen LogP) is 1.25. The van der Waals surface area contributed by atoms with Crippen molar-refractivity contribution in [2.45, 2.75) is 70.0 Å². The highest BCUT2D eigenvalue weighted by Crippen LogP contribution is 2.31. The van der Waals surface area contributed by atoms with Gasteiger partial charge in [0.1, 0.15) is 0 Å². The van der Waals surface area contributed by atoms with Crippen molar-refractivity contribution >= 4 is 5.91 Å². The average Bonchev–Trinajstić information content (AvgIpc) is 2.25. The van der Waals surface area contributed by atoms with Gasteiger partial charge in [0, 0.05) is 24.7 Å². The molecule has 3 N–H and O–H groups in total. The Kier molecular flexibility index (Phi) is 3.70. The molecular weight excluding hydrogens is 226 g/mol. The Balaban J connectivity index is 1.88. The van der Waals surface area contributed by atoms with Crippen molar-refractivity contribution in [1.82, 2.24) is 10.2 Å². The van der Waals surface area contributed by atoms with E-state index < -0.39 is 5.54 Å². The summed E-state index contributed by atoms with van der Waals surface area (Å²) in [5, 5.41) is 3.21. The Morgan fingerprint density at radius 1 is 1.22 bits per heavy atom. The fourth-order valence-electron chi connectivity index (χ4n) is 2.84. The molecule has 0 aromatic heterocycles. The van der Waals surface area contributed by atoms with E-state index in [4.69, 9.17) is 5.73 Å². The molecule has 0 spiro atoms. The molecule has 18 heavy (non-hydrogen) atoms. The van der Waals surface area contributed by atoms with Crippen molar-refractivity contribution in [3.63, 3.8) is 0 Å². The second-order valence-corrected chi connectivity index (χ2v) is 6.65. The molecule has 1 amide bonds. The summed E-state index contributed by atoms with van der Waals surface area (Å²) in [5.74, 6) is 0.0641. The van der Waals surface area contributed by atoms with Crippen LogP contribution < -0.4 is 11.1 Å². The van der Waals surface area contributed by atoms with E-state index >= 15 is 0 Å². The maximum Gasteiger partial charge on any atom is 0.240 e. The summed E-state index contributed by atoms with van der Waals surface area (Å²) in [6.45, 7) is 8.73. The lowest BCUT2D eigenvalue weighted by Gasteiger charge is -2.45. The highest BCUT2D eigenvalue weighted by atomic mass is 16.2. The predicted molar refractivity (Wildman–Crippen MR) is 73.3 cm³/mol. The molecule has 0 bridgehead atoms. The standard InChI is InChI=1S/C14H27N3O/c1-11(2)17-9-7-13(3,8-10-17)16-12(18)14(15)5-4-6-14/h11H,4-10,15H2,1-3H3,(H,16,18). The highest BCUT2D eigenvalue weighted by molar-refractivity contribution is 5.87. The maximum atomic E-state index is 12.2. The number of likely N-dealkylation sites (tertiary alicyclic amines) is 1. The summed E-state index contributed by atoms with van der Waals surface area (Å²) in [4.78, 5) is 14.7. The van der Waals surface area contributed by atoms with Gasteiger partial charge in [-0.15, -0.1) is 0 Å². The second-order valence-electron chi connectivity index (χ2n) is 6.65. The Labute approximate surface area is 110 Å². The molecule has 1 heterocycles. The Hall–Kier alpha value is -0.610. The van der Waals surface area contributed by atoms with Gasteiger partial charge in [0.15, 0.2) is 0 Å². The zero-order valence-electron chi connectivity index (χ0n) is 12.0. The van der Waals surface area contributed by atoms with Crippen LogP contribution in [0.1, 0.15) is 52.9 Å². The van der Waals surface area contributed by atoms with Gasteiger partial charge >= 0.3 is 0 Å². The van der Waals surface area contributed by atoms with E-state index in [0.29, 0.717) is 6.04 Å². The molecule has 0 aromatic rings. The fraction of sp³-hybridized carbons (Fsp3) is 0.929. The zero-order valence-corrected chi connectivity index (χ0v) is 12.0. The SMILES string of the molecule is CC(C)N1CCC(C)(NC(=O)C2(N)CCC2)CC1. The monoisotopic (exact) mass is 253 g/mol. The van der Waals surface area contributed by atoms with E-state index in [1.165, 1.54) is 0 Å². The minimum Gasteiger partial charge on any atom is -0.349 e. The smallest absolute Gasteiger partial charge is 0.240 e. The summed E-state index contributed by atoms with van der Waals surface area (Å²) in [5.41, 5.74) is 5.44. The van der Waals surface area contributed by atoms with Crippen LogP contribution in [0.4, 0.5) is 0 Å². The molecule has 0 atom stereocenters. The third-order valence-electron chi connectivity index (χ3n) is 4.75. The van der Waals surface area contributed by atoms with Gasteiger partial charge in [0.25, 0.3) is 0 Å². The fourth-order valence-corrected chi connectivity index (χ4v) is 2.84. The number of nitrogens with two attached hydrogens (primary N) is 1. The van der Waals surface area contributed by atoms with Gasteiger partial charge in [-0.05, 0) is 52.9 Å². The van der Waals surface area contributed by atoms with Crippen LogP contribution in [-0.2, 0) is 4.79 Å². The average molecular weight is 253 g/mol. The molecule has 2 aliphatic rings. The molecule has 4 nitrogen and oxygen atoms in total. The van der Waals surface area contributed by atoms with Gasteiger partial charge in [-0.1, -0.05) is 0 Å². The molecule has 1 aliphatic heterocycles. The molecule has 2 fully saturated rings. The zero-order chi connectivity index (χ0) is 13.4. The second kappa shape index (κ2) is 4.82. The molecular formula is C14H27N3O. The minimum atomic E-state index is -0.571. The van der Waals surface area contributed by atoms with Crippen LogP contribution in [0.15, 0.2) is 0 Å². The quantitative estimate of drug-likeness (QED) is 0.796. The van der Waals surface area contributed by atoms with E-state index in [1.807, 2.05) is 0 Å². The summed E-state index contributed by atoms with van der Waals surface area (Å²) in [7, 11) is 0. The van der Waals surface area contributed by atoms with E-state index in [1.54, 1.807) is 0 Å². The molecule has 1 saturated heterocycles. The van der Waals surface area contributed by atoms with Crippen molar-refractivity contribution in [2.24, 2.45) is 5.73 Å². The largest absolute Gasteiger partial charge is 0.349 e. The Bertz CT molecular complexity index is 315. The number of amides is 1. The third kappa shape index (κ3) is 2.69. The topological polar surface area (TPSA) is 58.4 Å².